The lowest BCUT2D eigenvalue weighted by Crippen LogP contribution is -2.36. The number of alkyl carbamates (subject to hydrolysis) is 1. The van der Waals surface area contributed by atoms with E-state index >= 15 is 0 Å². The van der Waals surface area contributed by atoms with Crippen molar-refractivity contribution in [2.24, 2.45) is 0 Å². The highest BCUT2D eigenvalue weighted by Crippen LogP contribution is 2.44. The molecule has 2 aromatic carbocycles. The van der Waals surface area contributed by atoms with E-state index in [-0.39, 0.29) is 19.1 Å². The van der Waals surface area contributed by atoms with E-state index in [0.717, 1.165) is 27.8 Å². The maximum absolute atomic E-state index is 12.3. The second-order valence-electron chi connectivity index (χ2n) is 7.80. The second-order valence-corrected chi connectivity index (χ2v) is 7.80. The van der Waals surface area contributed by atoms with Crippen LogP contribution in [0.2, 0.25) is 0 Å². The van der Waals surface area contributed by atoms with Gasteiger partial charge in [-0.1, -0.05) is 48.5 Å². The van der Waals surface area contributed by atoms with Gasteiger partial charge in [0, 0.05) is 30.3 Å². The number of hydrogen-bond donors (Lipinski definition) is 3. The van der Waals surface area contributed by atoms with E-state index in [1.165, 1.54) is 13.3 Å². The number of nitrogens with zero attached hydrogens (tertiary/aromatic N) is 1. The van der Waals surface area contributed by atoms with E-state index in [2.05, 4.69) is 22.4 Å². The molecule has 0 saturated heterocycles. The molecule has 1 aromatic heterocycles. The largest absolute Gasteiger partial charge is 0.481 e. The van der Waals surface area contributed by atoms with Crippen LogP contribution in [0.1, 0.15) is 34.3 Å². The van der Waals surface area contributed by atoms with Crippen LogP contribution >= 0.6 is 0 Å². The number of rotatable bonds is 7. The minimum atomic E-state index is -1.22. The summed E-state index contributed by atoms with van der Waals surface area (Å²) in [4.78, 5) is 16.3. The first-order chi connectivity index (χ1) is 15.5. The molecule has 4 rings (SSSR count). The lowest BCUT2D eigenvalue weighted by atomic mass is 9.98. The molecule has 1 heterocycles. The third-order valence-corrected chi connectivity index (χ3v) is 5.82. The van der Waals surface area contributed by atoms with Gasteiger partial charge in [-0.25, -0.2) is 9.78 Å². The van der Waals surface area contributed by atoms with Gasteiger partial charge in [0.15, 0.2) is 0 Å². The summed E-state index contributed by atoms with van der Waals surface area (Å²) in [7, 11) is 1.50. The predicted octanol–water partition coefficient (Wildman–Crippen LogP) is 3.33. The zero-order chi connectivity index (χ0) is 22.7. The molecule has 32 heavy (non-hydrogen) atoms. The molecule has 3 N–H and O–H groups in total. The second kappa shape index (κ2) is 9.38. The molecule has 0 spiro atoms. The Labute approximate surface area is 186 Å². The SMILES string of the molecule is COc1cc(C)c(C(O)C(O)CNC(=O)OCC2c3ccccc3-c3ccccc32)cn1. The summed E-state index contributed by atoms with van der Waals surface area (Å²) in [6.07, 6.45) is -1.62. The fourth-order valence-electron chi connectivity index (χ4n) is 4.12. The molecule has 0 saturated carbocycles. The Morgan fingerprint density at radius 3 is 2.31 bits per heavy atom. The van der Waals surface area contributed by atoms with Crippen molar-refractivity contribution < 1.29 is 24.5 Å². The van der Waals surface area contributed by atoms with Crippen LogP contribution in [0.3, 0.4) is 0 Å². The van der Waals surface area contributed by atoms with Crippen molar-refractivity contribution in [1.82, 2.24) is 10.3 Å². The van der Waals surface area contributed by atoms with Crippen LogP contribution < -0.4 is 10.1 Å². The summed E-state index contributed by atoms with van der Waals surface area (Å²) < 4.78 is 10.5. The molecule has 7 nitrogen and oxygen atoms in total. The Bertz CT molecular complexity index is 1070. The number of carbonyl (C=O) groups excluding carboxylic acids is 1. The van der Waals surface area contributed by atoms with Crippen LogP contribution in [0.25, 0.3) is 11.1 Å². The zero-order valence-corrected chi connectivity index (χ0v) is 18.0. The molecule has 166 valence electrons. The first-order valence-electron chi connectivity index (χ1n) is 10.4. The van der Waals surface area contributed by atoms with E-state index in [4.69, 9.17) is 9.47 Å². The highest BCUT2D eigenvalue weighted by molar-refractivity contribution is 5.79. The molecule has 7 heteroatoms. The number of aromatic nitrogens is 1. The summed E-state index contributed by atoms with van der Waals surface area (Å²) in [5.74, 6) is 0.376. The van der Waals surface area contributed by atoms with E-state index < -0.39 is 18.3 Å². The van der Waals surface area contributed by atoms with Gasteiger partial charge in [-0.2, -0.15) is 0 Å². The number of ether oxygens (including phenoxy) is 2. The standard InChI is InChI=1S/C25H26N2O5/c1-15-11-23(31-2)26-12-20(15)24(29)22(28)13-27-25(30)32-14-21-18-9-5-3-7-16(18)17-8-4-6-10-19(17)21/h3-12,21-22,24,28-29H,13-14H2,1-2H3,(H,27,30). The molecule has 1 aliphatic rings. The van der Waals surface area contributed by atoms with Gasteiger partial charge in [-0.15, -0.1) is 0 Å². The predicted molar refractivity (Wildman–Crippen MR) is 120 cm³/mol. The highest BCUT2D eigenvalue weighted by Gasteiger charge is 2.29. The maximum atomic E-state index is 12.3. The Balaban J connectivity index is 1.34. The zero-order valence-electron chi connectivity index (χ0n) is 18.0. The first-order valence-corrected chi connectivity index (χ1v) is 10.4. The van der Waals surface area contributed by atoms with Crippen molar-refractivity contribution in [2.75, 3.05) is 20.3 Å². The number of hydrogen-bond acceptors (Lipinski definition) is 6. The van der Waals surface area contributed by atoms with Crippen molar-refractivity contribution in [3.8, 4) is 17.0 Å². The fourth-order valence-corrected chi connectivity index (χ4v) is 4.12. The van der Waals surface area contributed by atoms with Gasteiger partial charge in [-0.3, -0.25) is 0 Å². The van der Waals surface area contributed by atoms with E-state index in [1.54, 1.807) is 13.0 Å². The van der Waals surface area contributed by atoms with Crippen molar-refractivity contribution in [3.63, 3.8) is 0 Å². The summed E-state index contributed by atoms with van der Waals surface area (Å²) in [6, 6.07) is 17.9. The normalized spacial score (nSPS) is 14.2. The van der Waals surface area contributed by atoms with Crippen molar-refractivity contribution in [2.45, 2.75) is 25.0 Å². The average molecular weight is 434 g/mol. The van der Waals surface area contributed by atoms with Crippen LogP contribution in [0, 0.1) is 6.92 Å². The van der Waals surface area contributed by atoms with Crippen LogP contribution in [0.5, 0.6) is 5.88 Å². The fraction of sp³-hybridized carbons (Fsp3) is 0.280. The van der Waals surface area contributed by atoms with Gasteiger partial charge in [0.05, 0.1) is 7.11 Å². The van der Waals surface area contributed by atoms with Crippen molar-refractivity contribution >= 4 is 6.09 Å². The van der Waals surface area contributed by atoms with Gasteiger partial charge < -0.3 is 25.0 Å². The van der Waals surface area contributed by atoms with E-state index in [9.17, 15) is 15.0 Å². The van der Waals surface area contributed by atoms with Gasteiger partial charge in [-0.05, 0) is 34.7 Å². The molecule has 2 atom stereocenters. The molecular formula is C25H26N2O5. The number of nitrogens with one attached hydrogen (secondary N) is 1. The Morgan fingerprint density at radius 1 is 1.09 bits per heavy atom. The number of aliphatic hydroxyl groups excluding tert-OH is 2. The summed E-state index contributed by atoms with van der Waals surface area (Å²) in [5, 5.41) is 23.3. The van der Waals surface area contributed by atoms with E-state index in [1.807, 2.05) is 36.4 Å². The number of methoxy groups -OCH3 is 1. The van der Waals surface area contributed by atoms with Gasteiger partial charge in [0.25, 0.3) is 0 Å². The lowest BCUT2D eigenvalue weighted by molar-refractivity contribution is 0.0179. The monoisotopic (exact) mass is 434 g/mol. The van der Waals surface area contributed by atoms with Crippen molar-refractivity contribution in [1.29, 1.82) is 0 Å². The minimum Gasteiger partial charge on any atom is -0.481 e. The summed E-state index contributed by atoms with van der Waals surface area (Å²) in [5.41, 5.74) is 5.74. The topological polar surface area (TPSA) is 101 Å². The smallest absolute Gasteiger partial charge is 0.407 e. The first kappa shape index (κ1) is 21.8. The molecule has 1 amide bonds. The molecule has 0 bridgehead atoms. The van der Waals surface area contributed by atoms with Crippen LogP contribution in [-0.2, 0) is 4.74 Å². The average Bonchev–Trinajstić information content (AvgIpc) is 3.14. The van der Waals surface area contributed by atoms with Crippen molar-refractivity contribution in [3.05, 3.63) is 83.0 Å². The third kappa shape index (κ3) is 4.30. The molecule has 3 aromatic rings. The maximum Gasteiger partial charge on any atom is 0.407 e. The number of pyridine rings is 1. The number of benzene rings is 2. The number of fused-ring (bicyclic) bond motifs is 3. The summed E-state index contributed by atoms with van der Waals surface area (Å²) in [6.45, 7) is 1.80. The Kier molecular flexibility index (Phi) is 6.39. The molecular weight excluding hydrogens is 408 g/mol. The minimum absolute atomic E-state index is 0.0447. The molecule has 0 aliphatic heterocycles. The molecule has 0 fully saturated rings. The third-order valence-electron chi connectivity index (χ3n) is 5.82. The van der Waals surface area contributed by atoms with E-state index in [0.29, 0.717) is 11.4 Å². The quantitative estimate of drug-likeness (QED) is 0.527. The van der Waals surface area contributed by atoms with Crippen LogP contribution in [-0.4, -0.2) is 47.7 Å². The van der Waals surface area contributed by atoms with Gasteiger partial charge in [0.1, 0.15) is 18.8 Å². The number of aliphatic hydroxyl groups is 2. The summed E-state index contributed by atoms with van der Waals surface area (Å²) >= 11 is 0. The molecule has 2 unspecified atom stereocenters. The highest BCUT2D eigenvalue weighted by atomic mass is 16.5. The molecule has 0 radical (unpaired) electrons. The van der Waals surface area contributed by atoms with Gasteiger partial charge >= 0.3 is 6.09 Å². The number of carbonyl (C=O) groups is 1. The number of amides is 1. The van der Waals surface area contributed by atoms with Crippen LogP contribution in [0.4, 0.5) is 4.79 Å². The molecule has 1 aliphatic carbocycles. The van der Waals surface area contributed by atoms with Gasteiger partial charge in [0.2, 0.25) is 5.88 Å². The Morgan fingerprint density at radius 2 is 1.72 bits per heavy atom. The number of aryl methyl sites for hydroxylation is 1. The van der Waals surface area contributed by atoms with Crippen LogP contribution in [0.15, 0.2) is 60.8 Å². The lowest BCUT2D eigenvalue weighted by Gasteiger charge is -2.20. The Hall–Kier alpha value is -3.42.